The number of ether oxygens (including phenoxy) is 1. The lowest BCUT2D eigenvalue weighted by atomic mass is 10.0. The predicted molar refractivity (Wildman–Crippen MR) is 94.8 cm³/mol. The number of ketones is 1. The van der Waals surface area contributed by atoms with Gasteiger partial charge in [-0.2, -0.15) is 16.9 Å². The highest BCUT2D eigenvalue weighted by Crippen LogP contribution is 2.44. The van der Waals surface area contributed by atoms with Crippen LogP contribution in [0, 0.1) is 5.92 Å². The number of aromatic nitrogens is 2. The van der Waals surface area contributed by atoms with Crippen LogP contribution in [0.25, 0.3) is 5.52 Å². The lowest BCUT2D eigenvalue weighted by Crippen LogP contribution is -2.08. The van der Waals surface area contributed by atoms with Crippen molar-refractivity contribution in [2.45, 2.75) is 39.0 Å². The molecule has 0 amide bonds. The minimum atomic E-state index is -0.0187. The van der Waals surface area contributed by atoms with Crippen molar-refractivity contribution in [2.75, 3.05) is 18.6 Å². The Hall–Kier alpha value is -1.49. The third-order valence-corrected chi connectivity index (χ3v) is 4.88. The Kier molecular flexibility index (Phi) is 4.95. The third kappa shape index (κ3) is 3.39. The summed E-state index contributed by atoms with van der Waals surface area (Å²) in [6, 6.07) is 3.99. The molecule has 4 nitrogen and oxygen atoms in total. The lowest BCUT2D eigenvalue weighted by Gasteiger charge is -2.13. The molecule has 0 aliphatic heterocycles. The zero-order chi connectivity index (χ0) is 16.4. The van der Waals surface area contributed by atoms with Crippen LogP contribution < -0.4 is 4.74 Å². The van der Waals surface area contributed by atoms with Crippen LogP contribution in [-0.2, 0) is 0 Å². The van der Waals surface area contributed by atoms with E-state index in [2.05, 4.69) is 11.4 Å². The van der Waals surface area contributed by atoms with E-state index in [9.17, 15) is 4.79 Å². The molecule has 0 radical (unpaired) electrons. The van der Waals surface area contributed by atoms with Gasteiger partial charge >= 0.3 is 0 Å². The van der Waals surface area contributed by atoms with E-state index in [1.165, 1.54) is 12.8 Å². The average Bonchev–Trinajstić information content (AvgIpc) is 3.29. The molecular formula is C18H24N2O2S. The molecule has 1 aliphatic carbocycles. The number of hydrogen-bond donors (Lipinski definition) is 0. The predicted octanol–water partition coefficient (Wildman–Crippen LogP) is 4.18. The molecule has 0 unspecified atom stereocenters. The van der Waals surface area contributed by atoms with E-state index in [0.717, 1.165) is 41.3 Å². The van der Waals surface area contributed by atoms with Crippen molar-refractivity contribution in [3.8, 4) is 5.75 Å². The molecule has 0 atom stereocenters. The molecule has 0 aromatic carbocycles. The summed E-state index contributed by atoms with van der Waals surface area (Å²) in [5.74, 6) is 2.67. The lowest BCUT2D eigenvalue weighted by molar-refractivity contribution is 0.0941. The molecular weight excluding hydrogens is 308 g/mol. The molecule has 124 valence electrons. The normalized spacial score (nSPS) is 14.6. The Morgan fingerprint density at radius 2 is 2.22 bits per heavy atom. The maximum absolute atomic E-state index is 12.4. The zero-order valence-corrected chi connectivity index (χ0v) is 14.9. The Morgan fingerprint density at radius 1 is 1.43 bits per heavy atom. The molecule has 1 fully saturated rings. The van der Waals surface area contributed by atoms with E-state index in [-0.39, 0.29) is 11.7 Å². The maximum atomic E-state index is 12.4. The van der Waals surface area contributed by atoms with Gasteiger partial charge in [0.05, 0.1) is 29.6 Å². The third-order valence-electron chi connectivity index (χ3n) is 4.18. The standard InChI is InChI=1S/C18H24N2O2S/c1-12(2)18(21)14-11-19-20-15(14)7-8-16(17(20)13-5-6-13)22-9-4-10-23-3/h7-8,11-13H,4-6,9-10H2,1-3H3. The molecule has 0 N–H and O–H groups in total. The van der Waals surface area contributed by atoms with Crippen LogP contribution in [0.1, 0.15) is 55.1 Å². The van der Waals surface area contributed by atoms with Gasteiger partial charge in [0.1, 0.15) is 5.75 Å². The van der Waals surface area contributed by atoms with Crippen molar-refractivity contribution in [3.63, 3.8) is 0 Å². The SMILES string of the molecule is CSCCCOc1ccc2c(C(=O)C(C)C)cnn2c1C1CC1. The van der Waals surface area contributed by atoms with Gasteiger partial charge in [0.25, 0.3) is 0 Å². The number of rotatable bonds is 8. The number of Topliss-reactive ketones (excluding diaryl/α,β-unsaturated/α-hetero) is 1. The minimum absolute atomic E-state index is 0.0187. The number of pyridine rings is 1. The number of thioether (sulfide) groups is 1. The average molecular weight is 332 g/mol. The van der Waals surface area contributed by atoms with Gasteiger partial charge in [-0.1, -0.05) is 13.8 Å². The van der Waals surface area contributed by atoms with Crippen molar-refractivity contribution in [2.24, 2.45) is 5.92 Å². The van der Waals surface area contributed by atoms with Gasteiger partial charge < -0.3 is 4.74 Å². The number of carbonyl (C=O) groups excluding carboxylic acids is 1. The Balaban J connectivity index is 1.94. The van der Waals surface area contributed by atoms with Crippen molar-refractivity contribution < 1.29 is 9.53 Å². The second-order valence-electron chi connectivity index (χ2n) is 6.43. The fourth-order valence-corrected chi connectivity index (χ4v) is 3.20. The van der Waals surface area contributed by atoms with Crippen LogP contribution in [0.2, 0.25) is 0 Å². The first-order valence-corrected chi connectivity index (χ1v) is 9.69. The van der Waals surface area contributed by atoms with Crippen molar-refractivity contribution in [3.05, 3.63) is 29.6 Å². The van der Waals surface area contributed by atoms with E-state index < -0.39 is 0 Å². The van der Waals surface area contributed by atoms with Crippen LogP contribution in [0.5, 0.6) is 5.75 Å². The van der Waals surface area contributed by atoms with Gasteiger partial charge in [-0.3, -0.25) is 4.79 Å². The fourth-order valence-electron chi connectivity index (χ4n) is 2.79. The first-order valence-electron chi connectivity index (χ1n) is 8.30. The van der Waals surface area contributed by atoms with E-state index in [1.54, 1.807) is 6.20 Å². The second-order valence-corrected chi connectivity index (χ2v) is 7.41. The molecule has 0 spiro atoms. The quantitative estimate of drug-likeness (QED) is 0.537. The Bertz CT molecular complexity index is 704. The summed E-state index contributed by atoms with van der Waals surface area (Å²) in [6.07, 6.45) is 7.21. The van der Waals surface area contributed by atoms with E-state index in [1.807, 2.05) is 42.3 Å². The van der Waals surface area contributed by atoms with Gasteiger partial charge in [-0.15, -0.1) is 0 Å². The topological polar surface area (TPSA) is 43.6 Å². The number of hydrogen-bond acceptors (Lipinski definition) is 4. The van der Waals surface area contributed by atoms with Crippen LogP contribution in [0.4, 0.5) is 0 Å². The first-order chi connectivity index (χ1) is 11.1. The highest BCUT2D eigenvalue weighted by atomic mass is 32.2. The van der Waals surface area contributed by atoms with Crippen molar-refractivity contribution >= 4 is 23.1 Å². The number of nitrogens with zero attached hydrogens (tertiary/aromatic N) is 2. The summed E-state index contributed by atoms with van der Waals surface area (Å²) in [6.45, 7) is 4.58. The fraction of sp³-hybridized carbons (Fsp3) is 0.556. The number of carbonyl (C=O) groups is 1. The summed E-state index contributed by atoms with van der Waals surface area (Å²) in [5.41, 5.74) is 2.76. The molecule has 3 rings (SSSR count). The molecule has 0 saturated heterocycles. The van der Waals surface area contributed by atoms with Crippen LogP contribution >= 0.6 is 11.8 Å². The van der Waals surface area contributed by atoms with E-state index >= 15 is 0 Å². The summed E-state index contributed by atoms with van der Waals surface area (Å²) in [5, 5.41) is 4.50. The molecule has 2 aromatic heterocycles. The molecule has 1 saturated carbocycles. The smallest absolute Gasteiger partial charge is 0.169 e. The van der Waals surface area contributed by atoms with Crippen molar-refractivity contribution in [1.82, 2.24) is 9.61 Å². The molecule has 0 bridgehead atoms. The van der Waals surface area contributed by atoms with Gasteiger partial charge in [-0.25, -0.2) is 4.52 Å². The summed E-state index contributed by atoms with van der Waals surface area (Å²) >= 11 is 1.84. The molecule has 5 heteroatoms. The molecule has 1 aliphatic rings. The van der Waals surface area contributed by atoms with Crippen LogP contribution in [0.3, 0.4) is 0 Å². The minimum Gasteiger partial charge on any atom is -0.492 e. The number of fused-ring (bicyclic) bond motifs is 1. The van der Waals surface area contributed by atoms with Gasteiger partial charge in [0.15, 0.2) is 5.78 Å². The molecule has 2 heterocycles. The summed E-state index contributed by atoms with van der Waals surface area (Å²) < 4.78 is 7.93. The van der Waals surface area contributed by atoms with Crippen molar-refractivity contribution in [1.29, 1.82) is 0 Å². The second kappa shape index (κ2) is 6.95. The first kappa shape index (κ1) is 16.4. The zero-order valence-electron chi connectivity index (χ0n) is 14.0. The van der Waals surface area contributed by atoms with Crippen LogP contribution in [0.15, 0.2) is 18.3 Å². The van der Waals surface area contributed by atoms with Gasteiger partial charge in [0.2, 0.25) is 0 Å². The van der Waals surface area contributed by atoms with E-state index in [4.69, 9.17) is 4.74 Å². The van der Waals surface area contributed by atoms with E-state index in [0.29, 0.717) is 5.92 Å². The summed E-state index contributed by atoms with van der Waals surface area (Å²) in [7, 11) is 0. The maximum Gasteiger partial charge on any atom is 0.169 e. The van der Waals surface area contributed by atoms with Gasteiger partial charge in [-0.05, 0) is 43.4 Å². The highest BCUT2D eigenvalue weighted by molar-refractivity contribution is 7.98. The largest absolute Gasteiger partial charge is 0.492 e. The van der Waals surface area contributed by atoms with Gasteiger partial charge in [0, 0.05) is 11.8 Å². The van der Waals surface area contributed by atoms with Crippen LogP contribution in [-0.4, -0.2) is 34.0 Å². The Labute approximate surface area is 141 Å². The Morgan fingerprint density at radius 3 is 2.87 bits per heavy atom. The molecule has 2 aromatic rings. The highest BCUT2D eigenvalue weighted by Gasteiger charge is 2.31. The molecule has 23 heavy (non-hydrogen) atoms. The monoisotopic (exact) mass is 332 g/mol. The summed E-state index contributed by atoms with van der Waals surface area (Å²) in [4.78, 5) is 12.4.